The molecule has 0 amide bonds. The van der Waals surface area contributed by atoms with Gasteiger partial charge in [0.15, 0.2) is 17.1 Å². The van der Waals surface area contributed by atoms with Crippen LogP contribution in [-0.4, -0.2) is 28.1 Å². The second kappa shape index (κ2) is 9.45. The molecule has 0 saturated heterocycles. The quantitative estimate of drug-likeness (QED) is 0.207. The Morgan fingerprint density at radius 3 is 1.98 bits per heavy atom. The summed E-state index contributed by atoms with van der Waals surface area (Å²) in [5, 5.41) is 1.88. The van der Waals surface area contributed by atoms with Crippen molar-refractivity contribution in [2.75, 3.05) is 28.1 Å². The highest BCUT2D eigenvalue weighted by Gasteiger charge is 2.45. The van der Waals surface area contributed by atoms with Gasteiger partial charge in [0.25, 0.3) is 0 Å². The van der Waals surface area contributed by atoms with Crippen molar-refractivity contribution in [2.45, 2.75) is 24.9 Å². The molecule has 8 rings (SSSR count). The van der Waals surface area contributed by atoms with Crippen molar-refractivity contribution in [3.63, 3.8) is 0 Å². The fourth-order valence-electron chi connectivity index (χ4n) is 7.25. The molecular weight excluding hydrogens is 552 g/mol. The van der Waals surface area contributed by atoms with Crippen LogP contribution in [0.3, 0.4) is 0 Å². The molecule has 5 aromatic carbocycles. The van der Waals surface area contributed by atoms with Gasteiger partial charge in [0, 0.05) is 32.9 Å². The van der Waals surface area contributed by atoms with Crippen LogP contribution in [0.5, 0.6) is 34.5 Å². The van der Waals surface area contributed by atoms with Crippen LogP contribution in [0.1, 0.15) is 41.7 Å². The SMILES string of the molecule is COc1ccc(C2(c3ccc(OC)cc3)C=Cc3c4c(c5c6c(c(OC)cc5c3O2)OCO6)-c2ccccc2C4(C)C)cc1. The van der Waals surface area contributed by atoms with E-state index in [0.717, 1.165) is 50.3 Å². The zero-order chi connectivity index (χ0) is 30.2. The highest BCUT2D eigenvalue weighted by Crippen LogP contribution is 2.62. The zero-order valence-corrected chi connectivity index (χ0v) is 25.3. The van der Waals surface area contributed by atoms with E-state index in [0.29, 0.717) is 17.2 Å². The second-order valence-corrected chi connectivity index (χ2v) is 11.9. The Balaban J connectivity index is 1.48. The maximum atomic E-state index is 7.41. The lowest BCUT2D eigenvalue weighted by Gasteiger charge is -2.38. The van der Waals surface area contributed by atoms with Gasteiger partial charge in [-0.3, -0.25) is 0 Å². The summed E-state index contributed by atoms with van der Waals surface area (Å²) in [5.74, 6) is 4.23. The van der Waals surface area contributed by atoms with Crippen molar-refractivity contribution in [1.29, 1.82) is 0 Å². The van der Waals surface area contributed by atoms with Gasteiger partial charge in [-0.1, -0.05) is 68.5 Å². The molecule has 0 aromatic heterocycles. The minimum atomic E-state index is -0.939. The first-order valence-corrected chi connectivity index (χ1v) is 14.7. The molecule has 6 nitrogen and oxygen atoms in total. The van der Waals surface area contributed by atoms with Gasteiger partial charge < -0.3 is 28.4 Å². The normalized spacial score (nSPS) is 16.1. The average Bonchev–Trinajstić information content (AvgIpc) is 3.65. The molecule has 0 fully saturated rings. The summed E-state index contributed by atoms with van der Waals surface area (Å²) >= 11 is 0. The van der Waals surface area contributed by atoms with E-state index < -0.39 is 5.60 Å². The molecule has 0 atom stereocenters. The van der Waals surface area contributed by atoms with Gasteiger partial charge in [0.2, 0.25) is 12.5 Å². The van der Waals surface area contributed by atoms with Crippen molar-refractivity contribution in [3.8, 4) is 45.6 Å². The van der Waals surface area contributed by atoms with Crippen molar-refractivity contribution < 1.29 is 28.4 Å². The third kappa shape index (κ3) is 3.48. The van der Waals surface area contributed by atoms with Crippen molar-refractivity contribution in [2.24, 2.45) is 0 Å². The van der Waals surface area contributed by atoms with E-state index >= 15 is 0 Å². The fraction of sp³-hybridized carbons (Fsp3) is 0.211. The predicted molar refractivity (Wildman–Crippen MR) is 171 cm³/mol. The smallest absolute Gasteiger partial charge is 0.231 e. The monoisotopic (exact) mass is 584 g/mol. The van der Waals surface area contributed by atoms with Crippen LogP contribution in [-0.2, 0) is 11.0 Å². The van der Waals surface area contributed by atoms with E-state index in [4.69, 9.17) is 28.4 Å². The van der Waals surface area contributed by atoms with Crippen LogP contribution >= 0.6 is 0 Å². The van der Waals surface area contributed by atoms with E-state index in [1.807, 2.05) is 30.3 Å². The molecule has 220 valence electrons. The molecule has 0 saturated carbocycles. The van der Waals surface area contributed by atoms with Gasteiger partial charge in [0.05, 0.1) is 21.3 Å². The Morgan fingerprint density at radius 1 is 0.705 bits per heavy atom. The molecule has 2 heterocycles. The number of hydrogen-bond acceptors (Lipinski definition) is 6. The summed E-state index contributed by atoms with van der Waals surface area (Å²) in [6, 6.07) is 26.8. The largest absolute Gasteiger partial charge is 0.497 e. The summed E-state index contributed by atoms with van der Waals surface area (Å²) in [5.41, 5.74) is 6.58. The van der Waals surface area contributed by atoms with E-state index in [1.54, 1.807) is 21.3 Å². The lowest BCUT2D eigenvalue weighted by atomic mass is 9.76. The maximum absolute atomic E-state index is 7.41. The van der Waals surface area contributed by atoms with Gasteiger partial charge in [0.1, 0.15) is 17.2 Å². The number of benzene rings is 5. The Hall–Kier alpha value is -5.10. The highest BCUT2D eigenvalue weighted by atomic mass is 16.7. The Bertz CT molecular complexity index is 1940. The van der Waals surface area contributed by atoms with Crippen LogP contribution in [0, 0.1) is 0 Å². The number of hydrogen-bond donors (Lipinski definition) is 0. The molecule has 5 aromatic rings. The molecule has 0 radical (unpaired) electrons. The highest BCUT2D eigenvalue weighted by molar-refractivity contribution is 6.13. The summed E-state index contributed by atoms with van der Waals surface area (Å²) < 4.78 is 36.4. The van der Waals surface area contributed by atoms with Gasteiger partial charge in [-0.05, 0) is 58.7 Å². The van der Waals surface area contributed by atoms with Gasteiger partial charge in [-0.2, -0.15) is 0 Å². The summed E-state index contributed by atoms with van der Waals surface area (Å²) in [4.78, 5) is 0. The lowest BCUT2D eigenvalue weighted by Crippen LogP contribution is -2.35. The molecule has 6 heteroatoms. The number of methoxy groups -OCH3 is 3. The zero-order valence-electron chi connectivity index (χ0n) is 25.3. The van der Waals surface area contributed by atoms with Crippen LogP contribution < -0.4 is 28.4 Å². The molecule has 1 aliphatic carbocycles. The van der Waals surface area contributed by atoms with Crippen molar-refractivity contribution >= 4 is 16.8 Å². The number of fused-ring (bicyclic) bond motifs is 10. The minimum Gasteiger partial charge on any atom is -0.497 e. The Kier molecular flexibility index (Phi) is 5.70. The third-order valence-electron chi connectivity index (χ3n) is 9.37. The van der Waals surface area contributed by atoms with Crippen molar-refractivity contribution in [3.05, 3.63) is 113 Å². The Labute approximate surface area is 256 Å². The van der Waals surface area contributed by atoms with E-state index in [2.05, 4.69) is 74.5 Å². The molecule has 0 bridgehead atoms. The summed E-state index contributed by atoms with van der Waals surface area (Å²) in [6.07, 6.45) is 4.41. The van der Waals surface area contributed by atoms with E-state index in [9.17, 15) is 0 Å². The first-order chi connectivity index (χ1) is 21.4. The van der Waals surface area contributed by atoms with Crippen LogP contribution in [0.15, 0.2) is 84.9 Å². The molecule has 44 heavy (non-hydrogen) atoms. The summed E-state index contributed by atoms with van der Waals surface area (Å²) in [7, 11) is 5.00. The first-order valence-electron chi connectivity index (χ1n) is 14.7. The molecular formula is C38H32O6. The van der Waals surface area contributed by atoms with Crippen LogP contribution in [0.2, 0.25) is 0 Å². The third-order valence-corrected chi connectivity index (χ3v) is 9.37. The topological polar surface area (TPSA) is 55.4 Å². The van der Waals surface area contributed by atoms with Gasteiger partial charge in [-0.25, -0.2) is 0 Å². The first kappa shape index (κ1) is 26.5. The molecule has 0 N–H and O–H groups in total. The van der Waals surface area contributed by atoms with Crippen molar-refractivity contribution in [1.82, 2.24) is 0 Å². The van der Waals surface area contributed by atoms with Gasteiger partial charge >= 0.3 is 0 Å². The maximum Gasteiger partial charge on any atom is 0.231 e. The summed E-state index contributed by atoms with van der Waals surface area (Å²) in [6.45, 7) is 4.70. The fourth-order valence-corrected chi connectivity index (χ4v) is 7.25. The predicted octanol–water partition coefficient (Wildman–Crippen LogP) is 8.25. The number of rotatable bonds is 5. The number of ether oxygens (including phenoxy) is 6. The molecule has 3 aliphatic rings. The van der Waals surface area contributed by atoms with Gasteiger partial charge in [-0.15, -0.1) is 0 Å². The second-order valence-electron chi connectivity index (χ2n) is 11.9. The minimum absolute atomic E-state index is 0.129. The van der Waals surface area contributed by atoms with E-state index in [-0.39, 0.29) is 12.2 Å². The molecule has 2 aliphatic heterocycles. The lowest BCUT2D eigenvalue weighted by molar-refractivity contribution is 0.163. The van der Waals surface area contributed by atoms with Crippen LogP contribution in [0.25, 0.3) is 28.0 Å². The Morgan fingerprint density at radius 2 is 1.34 bits per heavy atom. The molecule has 0 unspecified atom stereocenters. The van der Waals surface area contributed by atoms with Crippen LogP contribution in [0.4, 0.5) is 0 Å². The standard InChI is InChI=1S/C38H32O6/c1-37(2)29-9-7-6-8-26(29)31-32-28(20-30(41-5)35-36(32)43-21-42-35)34-27(33(31)37)18-19-38(44-34,22-10-14-24(39-3)15-11-22)23-12-16-25(40-4)17-13-23/h6-20H,21H2,1-5H3. The molecule has 0 spiro atoms. The average molecular weight is 585 g/mol. The van der Waals surface area contributed by atoms with E-state index in [1.165, 1.54) is 16.7 Å².